The number of aromatic nitrogens is 2. The molecule has 28 heavy (non-hydrogen) atoms. The molecule has 1 aromatic carbocycles. The maximum Gasteiger partial charge on any atom is 0.308 e. The predicted octanol–water partition coefficient (Wildman–Crippen LogP) is 2.17. The van der Waals surface area contributed by atoms with Crippen molar-refractivity contribution in [3.63, 3.8) is 0 Å². The number of hydrogen-bond acceptors (Lipinski definition) is 5. The average molecular weight is 397 g/mol. The number of carboxylic acid groups (broad SMARTS) is 1. The highest BCUT2D eigenvalue weighted by Gasteiger charge is 2.40. The summed E-state index contributed by atoms with van der Waals surface area (Å²) in [6.07, 6.45) is 1.59. The highest BCUT2D eigenvalue weighted by atomic mass is 32.1. The number of benzene rings is 1. The molecular formula is C20H19N3O4S. The van der Waals surface area contributed by atoms with Crippen molar-refractivity contribution >= 4 is 33.4 Å². The van der Waals surface area contributed by atoms with Gasteiger partial charge in [-0.25, -0.2) is 4.98 Å². The molecular weight excluding hydrogens is 378 g/mol. The molecule has 2 atom stereocenters. The van der Waals surface area contributed by atoms with Gasteiger partial charge in [-0.1, -0.05) is 30.3 Å². The van der Waals surface area contributed by atoms with Gasteiger partial charge in [0.2, 0.25) is 5.91 Å². The topological polar surface area (TPSA) is 92.5 Å². The second kappa shape index (κ2) is 7.55. The zero-order valence-electron chi connectivity index (χ0n) is 15.0. The van der Waals surface area contributed by atoms with Crippen molar-refractivity contribution in [1.29, 1.82) is 0 Å². The molecule has 8 heteroatoms. The van der Waals surface area contributed by atoms with Gasteiger partial charge in [-0.2, -0.15) is 0 Å². The van der Waals surface area contributed by atoms with E-state index in [9.17, 15) is 19.5 Å². The van der Waals surface area contributed by atoms with Crippen LogP contribution in [0, 0.1) is 5.92 Å². The second-order valence-corrected chi connectivity index (χ2v) is 7.79. The fourth-order valence-corrected chi connectivity index (χ4v) is 4.45. The Morgan fingerprint density at radius 2 is 1.96 bits per heavy atom. The molecule has 0 bridgehead atoms. The molecule has 1 aliphatic heterocycles. The quantitative estimate of drug-likeness (QED) is 0.712. The van der Waals surface area contributed by atoms with Crippen LogP contribution in [0.3, 0.4) is 0 Å². The van der Waals surface area contributed by atoms with Crippen molar-refractivity contribution in [2.45, 2.75) is 18.9 Å². The van der Waals surface area contributed by atoms with Gasteiger partial charge in [0.25, 0.3) is 5.56 Å². The van der Waals surface area contributed by atoms with E-state index in [4.69, 9.17) is 0 Å². The number of carboxylic acids is 1. The first kappa shape index (κ1) is 18.4. The lowest BCUT2D eigenvalue weighted by Crippen LogP contribution is -2.31. The lowest BCUT2D eigenvalue weighted by Gasteiger charge is -2.17. The summed E-state index contributed by atoms with van der Waals surface area (Å²) in [5, 5.41) is 11.9. The van der Waals surface area contributed by atoms with Crippen molar-refractivity contribution in [3.05, 3.63) is 64.0 Å². The summed E-state index contributed by atoms with van der Waals surface area (Å²) >= 11 is 1.40. The number of likely N-dealkylation sites (tertiary alicyclic amines) is 1. The first-order valence-corrected chi connectivity index (χ1v) is 9.90. The monoisotopic (exact) mass is 397 g/mol. The number of aryl methyl sites for hydroxylation is 1. The molecule has 0 aliphatic carbocycles. The number of thiophene rings is 1. The van der Waals surface area contributed by atoms with E-state index in [2.05, 4.69) is 4.98 Å². The fourth-order valence-electron chi connectivity index (χ4n) is 3.72. The van der Waals surface area contributed by atoms with Gasteiger partial charge in [-0.3, -0.25) is 19.0 Å². The Hall–Kier alpha value is -3.00. The largest absolute Gasteiger partial charge is 0.481 e. The van der Waals surface area contributed by atoms with E-state index in [-0.39, 0.29) is 36.9 Å². The molecule has 3 heterocycles. The molecule has 7 nitrogen and oxygen atoms in total. The van der Waals surface area contributed by atoms with Crippen LogP contribution in [0.25, 0.3) is 10.2 Å². The normalized spacial score (nSPS) is 19.2. The van der Waals surface area contributed by atoms with Gasteiger partial charge in [0.1, 0.15) is 4.83 Å². The molecule has 144 valence electrons. The van der Waals surface area contributed by atoms with Crippen LogP contribution < -0.4 is 5.56 Å². The third kappa shape index (κ3) is 3.43. The third-order valence-electron chi connectivity index (χ3n) is 5.23. The number of rotatable bonds is 5. The van der Waals surface area contributed by atoms with Crippen LogP contribution in [0.15, 0.2) is 52.9 Å². The number of hydrogen-bond donors (Lipinski definition) is 1. The fraction of sp³-hybridized carbons (Fsp3) is 0.300. The molecule has 0 saturated carbocycles. The Balaban J connectivity index is 1.46. The first-order valence-electron chi connectivity index (χ1n) is 9.03. The van der Waals surface area contributed by atoms with Gasteiger partial charge < -0.3 is 10.0 Å². The van der Waals surface area contributed by atoms with Crippen molar-refractivity contribution in [2.24, 2.45) is 5.92 Å². The molecule has 0 spiro atoms. The van der Waals surface area contributed by atoms with Crippen LogP contribution in [0.4, 0.5) is 0 Å². The van der Waals surface area contributed by atoms with Crippen LogP contribution in [0.1, 0.15) is 17.9 Å². The van der Waals surface area contributed by atoms with Gasteiger partial charge in [0.05, 0.1) is 17.6 Å². The summed E-state index contributed by atoms with van der Waals surface area (Å²) in [7, 11) is 0. The van der Waals surface area contributed by atoms with E-state index in [0.717, 1.165) is 5.56 Å². The Labute approximate surface area is 164 Å². The van der Waals surface area contributed by atoms with Gasteiger partial charge in [0.15, 0.2) is 0 Å². The van der Waals surface area contributed by atoms with E-state index in [1.165, 1.54) is 22.2 Å². The number of nitrogens with zero attached hydrogens (tertiary/aromatic N) is 3. The molecule has 2 unspecified atom stereocenters. The SMILES string of the molecule is O=C(O)C1CN(C(=O)CCn2cnc3sccc3c2=O)CC1c1ccccc1. The Bertz CT molecular complexity index is 1080. The number of aliphatic carboxylic acids is 1. The van der Waals surface area contributed by atoms with Crippen LogP contribution in [-0.2, 0) is 16.1 Å². The standard InChI is InChI=1S/C20H19N3O4S/c24-17(6-8-22-12-21-18-14(19(22)25)7-9-28-18)23-10-15(16(11-23)20(26)27)13-4-2-1-3-5-13/h1-5,7,9,12,15-16H,6,8,10-11H2,(H,26,27). The molecule has 0 radical (unpaired) electrons. The Kier molecular flexibility index (Phi) is 4.95. The molecule has 4 rings (SSSR count). The summed E-state index contributed by atoms with van der Waals surface area (Å²) in [5.74, 6) is -1.90. The maximum atomic E-state index is 12.7. The first-order chi connectivity index (χ1) is 13.5. The van der Waals surface area contributed by atoms with Crippen molar-refractivity contribution in [1.82, 2.24) is 14.5 Å². The number of carbonyl (C=O) groups excluding carboxylic acids is 1. The zero-order valence-corrected chi connectivity index (χ0v) is 15.8. The van der Waals surface area contributed by atoms with Crippen molar-refractivity contribution in [2.75, 3.05) is 13.1 Å². The van der Waals surface area contributed by atoms with E-state index in [0.29, 0.717) is 16.8 Å². The second-order valence-electron chi connectivity index (χ2n) is 6.89. The molecule has 1 amide bonds. The predicted molar refractivity (Wildman–Crippen MR) is 105 cm³/mol. The molecule has 1 N–H and O–H groups in total. The van der Waals surface area contributed by atoms with Crippen LogP contribution >= 0.6 is 11.3 Å². The summed E-state index contributed by atoms with van der Waals surface area (Å²) in [5.41, 5.74) is 0.763. The smallest absolute Gasteiger partial charge is 0.308 e. The van der Waals surface area contributed by atoms with E-state index < -0.39 is 11.9 Å². The third-order valence-corrected chi connectivity index (χ3v) is 6.06. The molecule has 1 aliphatic rings. The van der Waals surface area contributed by atoms with E-state index in [1.54, 1.807) is 11.0 Å². The summed E-state index contributed by atoms with van der Waals surface area (Å²) in [6.45, 7) is 0.779. The maximum absolute atomic E-state index is 12.7. The van der Waals surface area contributed by atoms with Crippen LogP contribution in [0.5, 0.6) is 0 Å². The minimum absolute atomic E-state index is 0.130. The summed E-state index contributed by atoms with van der Waals surface area (Å²) in [4.78, 5) is 43.3. The summed E-state index contributed by atoms with van der Waals surface area (Å²) in [6, 6.07) is 11.2. The molecule has 1 fully saturated rings. The van der Waals surface area contributed by atoms with Gasteiger partial charge in [-0.05, 0) is 17.0 Å². The van der Waals surface area contributed by atoms with E-state index in [1.807, 2.05) is 35.7 Å². The number of fused-ring (bicyclic) bond motifs is 1. The van der Waals surface area contributed by atoms with E-state index >= 15 is 0 Å². The van der Waals surface area contributed by atoms with Crippen LogP contribution in [-0.4, -0.2) is 44.5 Å². The van der Waals surface area contributed by atoms with Crippen LogP contribution in [0.2, 0.25) is 0 Å². The minimum atomic E-state index is -0.896. The Morgan fingerprint density at radius 1 is 1.18 bits per heavy atom. The molecule has 3 aromatic rings. The lowest BCUT2D eigenvalue weighted by atomic mass is 9.89. The highest BCUT2D eigenvalue weighted by Crippen LogP contribution is 2.33. The Morgan fingerprint density at radius 3 is 2.71 bits per heavy atom. The minimum Gasteiger partial charge on any atom is -0.481 e. The summed E-state index contributed by atoms with van der Waals surface area (Å²) < 4.78 is 1.44. The van der Waals surface area contributed by atoms with Crippen molar-refractivity contribution in [3.8, 4) is 0 Å². The number of amides is 1. The number of carbonyl (C=O) groups is 2. The average Bonchev–Trinajstić information content (AvgIpc) is 3.36. The van der Waals surface area contributed by atoms with Gasteiger partial charge in [0, 0.05) is 32.0 Å². The molecule has 1 saturated heterocycles. The van der Waals surface area contributed by atoms with Gasteiger partial charge in [-0.15, -0.1) is 11.3 Å². The zero-order chi connectivity index (χ0) is 19.7. The molecule has 2 aromatic heterocycles. The lowest BCUT2D eigenvalue weighted by molar-refractivity contribution is -0.141. The highest BCUT2D eigenvalue weighted by molar-refractivity contribution is 7.16. The van der Waals surface area contributed by atoms with Crippen molar-refractivity contribution < 1.29 is 14.7 Å². The van der Waals surface area contributed by atoms with Gasteiger partial charge >= 0.3 is 5.97 Å².